The highest BCUT2D eigenvalue weighted by atomic mass is 16.5. The van der Waals surface area contributed by atoms with E-state index in [2.05, 4.69) is 5.32 Å². The molecule has 3 nitrogen and oxygen atoms in total. The first kappa shape index (κ1) is 9.44. The van der Waals surface area contributed by atoms with Gasteiger partial charge in [0.2, 0.25) is 0 Å². The molecule has 0 unspecified atom stereocenters. The fourth-order valence-corrected chi connectivity index (χ4v) is 1.99. The first-order valence-corrected chi connectivity index (χ1v) is 5.38. The minimum Gasteiger partial charge on any atom is -0.381 e. The van der Waals surface area contributed by atoms with Gasteiger partial charge in [-0.3, -0.25) is 0 Å². The Morgan fingerprint density at radius 2 is 2.08 bits per heavy atom. The van der Waals surface area contributed by atoms with E-state index in [0.717, 1.165) is 32.7 Å². The summed E-state index contributed by atoms with van der Waals surface area (Å²) in [7, 11) is 0. The van der Waals surface area contributed by atoms with Crippen LogP contribution in [0, 0.1) is 0 Å². The van der Waals surface area contributed by atoms with Crippen LogP contribution in [0.1, 0.15) is 25.7 Å². The minimum absolute atomic E-state index is 0.455. The molecular formula is C10H19NO2. The quantitative estimate of drug-likeness (QED) is 0.709. The monoisotopic (exact) mass is 185 g/mol. The zero-order valence-electron chi connectivity index (χ0n) is 8.13. The van der Waals surface area contributed by atoms with Gasteiger partial charge >= 0.3 is 0 Å². The van der Waals surface area contributed by atoms with Gasteiger partial charge in [0, 0.05) is 19.3 Å². The molecule has 0 saturated carbocycles. The first-order chi connectivity index (χ1) is 6.45. The molecule has 1 atom stereocenters. The summed E-state index contributed by atoms with van der Waals surface area (Å²) in [6, 6.07) is 0.614. The minimum atomic E-state index is 0.455. The molecule has 0 radical (unpaired) electrons. The summed E-state index contributed by atoms with van der Waals surface area (Å²) in [6.07, 6.45) is 5.20. The zero-order valence-corrected chi connectivity index (χ0v) is 8.13. The van der Waals surface area contributed by atoms with Crippen molar-refractivity contribution in [2.45, 2.75) is 37.8 Å². The van der Waals surface area contributed by atoms with Crippen molar-refractivity contribution >= 4 is 0 Å². The van der Waals surface area contributed by atoms with E-state index >= 15 is 0 Å². The van der Waals surface area contributed by atoms with E-state index < -0.39 is 0 Å². The van der Waals surface area contributed by atoms with Crippen molar-refractivity contribution < 1.29 is 9.47 Å². The van der Waals surface area contributed by atoms with Crippen LogP contribution in [-0.4, -0.2) is 38.5 Å². The third-order valence-corrected chi connectivity index (χ3v) is 2.86. The standard InChI is InChI=1S/C10H19NO2/c1-2-9(11-5-1)8-13-10-3-6-12-7-4-10/h9-11H,1-8H2/t9-/m1/s1. The Morgan fingerprint density at radius 1 is 1.23 bits per heavy atom. The van der Waals surface area contributed by atoms with Crippen molar-refractivity contribution in [3.8, 4) is 0 Å². The lowest BCUT2D eigenvalue weighted by atomic mass is 10.1. The highest BCUT2D eigenvalue weighted by Crippen LogP contribution is 2.13. The number of hydrogen-bond acceptors (Lipinski definition) is 3. The second-order valence-corrected chi connectivity index (χ2v) is 3.94. The number of rotatable bonds is 3. The van der Waals surface area contributed by atoms with E-state index in [1.807, 2.05) is 0 Å². The van der Waals surface area contributed by atoms with Crippen molar-refractivity contribution in [3.05, 3.63) is 0 Å². The van der Waals surface area contributed by atoms with Gasteiger partial charge < -0.3 is 14.8 Å². The Morgan fingerprint density at radius 3 is 2.77 bits per heavy atom. The molecule has 2 aliphatic rings. The van der Waals surface area contributed by atoms with Gasteiger partial charge in [-0.25, -0.2) is 0 Å². The average molecular weight is 185 g/mol. The summed E-state index contributed by atoms with van der Waals surface area (Å²) in [5.41, 5.74) is 0. The molecule has 0 aromatic rings. The lowest BCUT2D eigenvalue weighted by molar-refractivity contribution is -0.0368. The SMILES string of the molecule is C1CN[C@@H](COC2CCOCC2)C1. The van der Waals surface area contributed by atoms with Gasteiger partial charge in [-0.15, -0.1) is 0 Å². The smallest absolute Gasteiger partial charge is 0.0623 e. The molecule has 0 aliphatic carbocycles. The van der Waals surface area contributed by atoms with Crippen molar-refractivity contribution in [1.29, 1.82) is 0 Å². The van der Waals surface area contributed by atoms with Crippen LogP contribution in [0.4, 0.5) is 0 Å². The Kier molecular flexibility index (Phi) is 3.58. The van der Waals surface area contributed by atoms with Gasteiger partial charge in [-0.1, -0.05) is 0 Å². The summed E-state index contributed by atoms with van der Waals surface area (Å²) in [4.78, 5) is 0. The second-order valence-electron chi connectivity index (χ2n) is 3.94. The lowest BCUT2D eigenvalue weighted by Crippen LogP contribution is -2.31. The van der Waals surface area contributed by atoms with E-state index in [4.69, 9.17) is 9.47 Å². The van der Waals surface area contributed by atoms with E-state index in [0.29, 0.717) is 12.1 Å². The van der Waals surface area contributed by atoms with Crippen LogP contribution in [0.5, 0.6) is 0 Å². The second kappa shape index (κ2) is 4.94. The molecule has 2 fully saturated rings. The third kappa shape index (κ3) is 2.93. The molecule has 0 spiro atoms. The van der Waals surface area contributed by atoms with Crippen LogP contribution in [0.3, 0.4) is 0 Å². The fraction of sp³-hybridized carbons (Fsp3) is 1.00. The van der Waals surface area contributed by atoms with Crippen LogP contribution >= 0.6 is 0 Å². The maximum atomic E-state index is 5.82. The van der Waals surface area contributed by atoms with Crippen LogP contribution < -0.4 is 5.32 Å². The predicted molar refractivity (Wildman–Crippen MR) is 50.8 cm³/mol. The fourth-order valence-electron chi connectivity index (χ4n) is 1.99. The molecule has 3 heteroatoms. The third-order valence-electron chi connectivity index (χ3n) is 2.86. The van der Waals surface area contributed by atoms with Gasteiger partial charge in [0.1, 0.15) is 0 Å². The molecule has 76 valence electrons. The van der Waals surface area contributed by atoms with Crippen LogP contribution in [0.25, 0.3) is 0 Å². The first-order valence-electron chi connectivity index (χ1n) is 5.38. The largest absolute Gasteiger partial charge is 0.381 e. The zero-order chi connectivity index (χ0) is 8.93. The van der Waals surface area contributed by atoms with Gasteiger partial charge in [-0.05, 0) is 32.2 Å². The molecule has 13 heavy (non-hydrogen) atoms. The van der Waals surface area contributed by atoms with Crippen molar-refractivity contribution in [1.82, 2.24) is 5.32 Å². The summed E-state index contributed by atoms with van der Waals surface area (Å²) in [5, 5.41) is 3.44. The highest BCUT2D eigenvalue weighted by molar-refractivity contribution is 4.74. The normalized spacial score (nSPS) is 30.9. The maximum Gasteiger partial charge on any atom is 0.0623 e. The topological polar surface area (TPSA) is 30.5 Å². The highest BCUT2D eigenvalue weighted by Gasteiger charge is 2.18. The van der Waals surface area contributed by atoms with E-state index in [1.54, 1.807) is 0 Å². The van der Waals surface area contributed by atoms with Gasteiger partial charge in [-0.2, -0.15) is 0 Å². The van der Waals surface area contributed by atoms with E-state index in [-0.39, 0.29) is 0 Å². The summed E-state index contributed by atoms with van der Waals surface area (Å²) in [6.45, 7) is 3.82. The molecule has 2 rings (SSSR count). The lowest BCUT2D eigenvalue weighted by Gasteiger charge is -2.23. The summed E-state index contributed by atoms with van der Waals surface area (Å²) < 4.78 is 11.1. The number of hydrogen-bond donors (Lipinski definition) is 1. The molecule has 2 heterocycles. The van der Waals surface area contributed by atoms with Gasteiger partial charge in [0.15, 0.2) is 0 Å². The molecule has 1 N–H and O–H groups in total. The number of nitrogens with one attached hydrogen (secondary N) is 1. The molecule has 0 bridgehead atoms. The van der Waals surface area contributed by atoms with Crippen LogP contribution in [-0.2, 0) is 9.47 Å². The Labute approximate surface area is 79.8 Å². The summed E-state index contributed by atoms with van der Waals surface area (Å²) >= 11 is 0. The average Bonchev–Trinajstić information content (AvgIpc) is 2.69. The molecule has 2 saturated heterocycles. The van der Waals surface area contributed by atoms with Crippen molar-refractivity contribution in [2.75, 3.05) is 26.4 Å². The number of ether oxygens (including phenoxy) is 2. The van der Waals surface area contributed by atoms with Crippen molar-refractivity contribution in [2.24, 2.45) is 0 Å². The molecule has 2 aliphatic heterocycles. The predicted octanol–water partition coefficient (Wildman–Crippen LogP) is 0.934. The van der Waals surface area contributed by atoms with E-state index in [9.17, 15) is 0 Å². The Hall–Kier alpha value is -0.120. The Balaban J connectivity index is 1.60. The van der Waals surface area contributed by atoms with Gasteiger partial charge in [0.05, 0.1) is 12.7 Å². The maximum absolute atomic E-state index is 5.82. The van der Waals surface area contributed by atoms with Crippen LogP contribution in [0.2, 0.25) is 0 Å². The molecule has 0 aromatic carbocycles. The van der Waals surface area contributed by atoms with Crippen molar-refractivity contribution in [3.63, 3.8) is 0 Å². The molecule has 0 aromatic heterocycles. The molecule has 0 amide bonds. The molecular weight excluding hydrogens is 166 g/mol. The van der Waals surface area contributed by atoms with Gasteiger partial charge in [0.25, 0.3) is 0 Å². The van der Waals surface area contributed by atoms with E-state index in [1.165, 1.54) is 19.4 Å². The Bertz CT molecular complexity index is 140. The van der Waals surface area contributed by atoms with Crippen LogP contribution in [0.15, 0.2) is 0 Å². The summed E-state index contributed by atoms with van der Waals surface area (Å²) in [5.74, 6) is 0.